The van der Waals surface area contributed by atoms with Crippen LogP contribution < -0.4 is 5.32 Å². The summed E-state index contributed by atoms with van der Waals surface area (Å²) in [6.45, 7) is 5.17. The first-order valence-corrected chi connectivity index (χ1v) is 6.03. The highest BCUT2D eigenvalue weighted by molar-refractivity contribution is 7.99. The van der Waals surface area contributed by atoms with E-state index in [9.17, 15) is 0 Å². The van der Waals surface area contributed by atoms with E-state index in [1.54, 1.807) is 6.33 Å². The van der Waals surface area contributed by atoms with Gasteiger partial charge in [-0.05, 0) is 12.7 Å². The average Bonchev–Trinajstić information content (AvgIpc) is 2.58. The van der Waals surface area contributed by atoms with Gasteiger partial charge in [-0.2, -0.15) is 11.8 Å². The molecule has 0 saturated heterocycles. The number of hydrogen-bond donors (Lipinski definition) is 1. The van der Waals surface area contributed by atoms with Crippen molar-refractivity contribution in [2.45, 2.75) is 26.4 Å². The third-order valence-corrected chi connectivity index (χ3v) is 3.13. The molecule has 0 aliphatic carbocycles. The van der Waals surface area contributed by atoms with Crippen LogP contribution in [0, 0.1) is 0 Å². The highest BCUT2D eigenvalue weighted by Crippen LogP contribution is 2.01. The van der Waals surface area contributed by atoms with Crippen LogP contribution in [-0.4, -0.2) is 32.3 Å². The first-order valence-electron chi connectivity index (χ1n) is 4.88. The highest BCUT2D eigenvalue weighted by Gasteiger charge is 2.03. The fourth-order valence-electron chi connectivity index (χ4n) is 1.09. The van der Waals surface area contributed by atoms with Gasteiger partial charge in [0.1, 0.15) is 12.2 Å². The third kappa shape index (κ3) is 3.67. The molecule has 1 aromatic heterocycles. The molecular formula is C9H18N4S. The lowest BCUT2D eigenvalue weighted by Gasteiger charge is -2.11. The van der Waals surface area contributed by atoms with Crippen LogP contribution in [-0.2, 0) is 13.6 Å². The lowest BCUT2D eigenvalue weighted by atomic mass is 10.4. The molecule has 1 rings (SSSR count). The number of aryl methyl sites for hydroxylation is 1. The summed E-state index contributed by atoms with van der Waals surface area (Å²) in [5.74, 6) is 3.31. The van der Waals surface area contributed by atoms with E-state index in [1.807, 2.05) is 23.4 Å². The Bertz CT molecular complexity index is 261. The zero-order valence-electron chi connectivity index (χ0n) is 9.03. The second-order valence-electron chi connectivity index (χ2n) is 3.30. The minimum Gasteiger partial charge on any atom is -0.320 e. The molecule has 0 amide bonds. The second kappa shape index (κ2) is 6.03. The third-order valence-electron chi connectivity index (χ3n) is 1.99. The SMILES string of the molecule is CCSCC(C)NCc1nncn1C. The molecule has 0 aromatic carbocycles. The predicted molar refractivity (Wildman–Crippen MR) is 60.3 cm³/mol. The first kappa shape index (κ1) is 11.5. The molecule has 1 N–H and O–H groups in total. The highest BCUT2D eigenvalue weighted by atomic mass is 32.2. The van der Waals surface area contributed by atoms with Crippen LogP contribution in [0.1, 0.15) is 19.7 Å². The quantitative estimate of drug-likeness (QED) is 0.768. The summed E-state index contributed by atoms with van der Waals surface area (Å²) in [6, 6.07) is 0.525. The van der Waals surface area contributed by atoms with E-state index < -0.39 is 0 Å². The number of hydrogen-bond acceptors (Lipinski definition) is 4. The number of aromatic nitrogens is 3. The summed E-state index contributed by atoms with van der Waals surface area (Å²) in [5.41, 5.74) is 0. The van der Waals surface area contributed by atoms with Crippen molar-refractivity contribution in [3.05, 3.63) is 12.2 Å². The molecule has 0 aliphatic rings. The van der Waals surface area contributed by atoms with Gasteiger partial charge in [0.25, 0.3) is 0 Å². The molecule has 0 saturated carbocycles. The van der Waals surface area contributed by atoms with Gasteiger partial charge < -0.3 is 9.88 Å². The van der Waals surface area contributed by atoms with Crippen molar-refractivity contribution in [3.8, 4) is 0 Å². The van der Waals surface area contributed by atoms with Gasteiger partial charge in [-0.3, -0.25) is 0 Å². The summed E-state index contributed by atoms with van der Waals surface area (Å²) < 4.78 is 1.94. The van der Waals surface area contributed by atoms with E-state index in [4.69, 9.17) is 0 Å². The van der Waals surface area contributed by atoms with Crippen LogP contribution in [0.2, 0.25) is 0 Å². The Morgan fingerprint density at radius 3 is 3.00 bits per heavy atom. The van der Waals surface area contributed by atoms with Crippen molar-refractivity contribution in [3.63, 3.8) is 0 Å². The monoisotopic (exact) mass is 214 g/mol. The van der Waals surface area contributed by atoms with Crippen LogP contribution in [0.4, 0.5) is 0 Å². The predicted octanol–water partition coefficient (Wildman–Crippen LogP) is 1.05. The number of thioether (sulfide) groups is 1. The number of rotatable bonds is 6. The topological polar surface area (TPSA) is 42.7 Å². The smallest absolute Gasteiger partial charge is 0.146 e. The Morgan fingerprint density at radius 1 is 1.64 bits per heavy atom. The van der Waals surface area contributed by atoms with Gasteiger partial charge in [-0.25, -0.2) is 0 Å². The van der Waals surface area contributed by atoms with Crippen LogP contribution in [0.5, 0.6) is 0 Å². The van der Waals surface area contributed by atoms with Crippen molar-refractivity contribution in [2.24, 2.45) is 7.05 Å². The van der Waals surface area contributed by atoms with Crippen molar-refractivity contribution in [1.29, 1.82) is 0 Å². The Morgan fingerprint density at radius 2 is 2.43 bits per heavy atom. The van der Waals surface area contributed by atoms with Gasteiger partial charge in [-0.1, -0.05) is 6.92 Å². The van der Waals surface area contributed by atoms with Crippen molar-refractivity contribution < 1.29 is 0 Å². The van der Waals surface area contributed by atoms with E-state index in [2.05, 4.69) is 29.4 Å². The lowest BCUT2D eigenvalue weighted by Crippen LogP contribution is -2.28. The fourth-order valence-corrected chi connectivity index (χ4v) is 1.79. The summed E-state index contributed by atoms with van der Waals surface area (Å²) in [6.07, 6.45) is 1.72. The zero-order valence-corrected chi connectivity index (χ0v) is 9.84. The van der Waals surface area contributed by atoms with E-state index in [1.165, 1.54) is 5.75 Å². The molecule has 0 bridgehead atoms. The molecule has 1 heterocycles. The molecule has 0 spiro atoms. The van der Waals surface area contributed by atoms with Crippen LogP contribution >= 0.6 is 11.8 Å². The van der Waals surface area contributed by atoms with Gasteiger partial charge in [-0.15, -0.1) is 10.2 Å². The Hall–Kier alpha value is -0.550. The second-order valence-corrected chi connectivity index (χ2v) is 4.62. The molecular weight excluding hydrogens is 196 g/mol. The molecule has 14 heavy (non-hydrogen) atoms. The molecule has 5 heteroatoms. The molecule has 0 radical (unpaired) electrons. The Balaban J connectivity index is 2.23. The van der Waals surface area contributed by atoms with Gasteiger partial charge in [0.2, 0.25) is 0 Å². The molecule has 1 aromatic rings. The molecule has 80 valence electrons. The maximum atomic E-state index is 4.01. The van der Waals surface area contributed by atoms with E-state index in [0.717, 1.165) is 18.1 Å². The normalized spacial score (nSPS) is 13.1. The van der Waals surface area contributed by atoms with Crippen molar-refractivity contribution in [1.82, 2.24) is 20.1 Å². The van der Waals surface area contributed by atoms with E-state index >= 15 is 0 Å². The van der Waals surface area contributed by atoms with Gasteiger partial charge in [0, 0.05) is 18.8 Å². The van der Waals surface area contributed by atoms with Crippen LogP contribution in [0.3, 0.4) is 0 Å². The fraction of sp³-hybridized carbons (Fsp3) is 0.778. The average molecular weight is 214 g/mol. The molecule has 1 atom stereocenters. The number of nitrogens with zero attached hydrogens (tertiary/aromatic N) is 3. The molecule has 0 aliphatic heterocycles. The molecule has 1 unspecified atom stereocenters. The molecule has 0 fully saturated rings. The summed E-state index contributed by atoms with van der Waals surface area (Å²) >= 11 is 1.95. The van der Waals surface area contributed by atoms with Gasteiger partial charge >= 0.3 is 0 Å². The lowest BCUT2D eigenvalue weighted by molar-refractivity contribution is 0.566. The standard InChI is InChI=1S/C9H18N4S/c1-4-14-6-8(2)10-5-9-12-11-7-13(9)3/h7-8,10H,4-6H2,1-3H3. The maximum Gasteiger partial charge on any atom is 0.146 e. The van der Waals surface area contributed by atoms with E-state index in [-0.39, 0.29) is 0 Å². The zero-order chi connectivity index (χ0) is 10.4. The van der Waals surface area contributed by atoms with Gasteiger partial charge in [0.15, 0.2) is 0 Å². The number of nitrogens with one attached hydrogen (secondary N) is 1. The molecule has 4 nitrogen and oxygen atoms in total. The Kier molecular flexibility index (Phi) is 4.97. The Labute approximate surface area is 89.5 Å². The summed E-state index contributed by atoms with van der Waals surface area (Å²) in [4.78, 5) is 0. The van der Waals surface area contributed by atoms with E-state index in [0.29, 0.717) is 6.04 Å². The minimum absolute atomic E-state index is 0.525. The van der Waals surface area contributed by atoms with Crippen molar-refractivity contribution >= 4 is 11.8 Å². The summed E-state index contributed by atoms with van der Waals surface area (Å²) in [7, 11) is 1.96. The van der Waals surface area contributed by atoms with Crippen molar-refractivity contribution in [2.75, 3.05) is 11.5 Å². The van der Waals surface area contributed by atoms with Crippen LogP contribution in [0.25, 0.3) is 0 Å². The maximum absolute atomic E-state index is 4.01. The minimum atomic E-state index is 0.525. The largest absolute Gasteiger partial charge is 0.320 e. The summed E-state index contributed by atoms with van der Waals surface area (Å²) in [5, 5.41) is 11.3. The van der Waals surface area contributed by atoms with Gasteiger partial charge in [0.05, 0.1) is 6.54 Å². The van der Waals surface area contributed by atoms with Crippen LogP contribution in [0.15, 0.2) is 6.33 Å². The first-order chi connectivity index (χ1) is 6.74.